The average molecular weight is 643 g/mol. The van der Waals surface area contributed by atoms with Crippen molar-refractivity contribution >= 4 is 35.1 Å². The van der Waals surface area contributed by atoms with Crippen LogP contribution in [-0.4, -0.2) is 37.7 Å². The summed E-state index contributed by atoms with van der Waals surface area (Å²) in [6.45, 7) is 4.54. The Labute approximate surface area is 258 Å². The molecule has 1 aliphatic carbocycles. The molecule has 0 saturated carbocycles. The Morgan fingerprint density at radius 2 is 1.64 bits per heavy atom. The van der Waals surface area contributed by atoms with Crippen molar-refractivity contribution in [3.8, 4) is 22.4 Å². The third-order valence-corrected chi connectivity index (χ3v) is 7.17. The van der Waals surface area contributed by atoms with E-state index in [0.717, 1.165) is 33.5 Å². The zero-order valence-electron chi connectivity index (χ0n) is 24.2. The van der Waals surface area contributed by atoms with Crippen LogP contribution in [0.15, 0.2) is 64.2 Å². The molecular formula is C31H26ClF3N4O6. The summed E-state index contributed by atoms with van der Waals surface area (Å²) in [7, 11) is 0. The first-order chi connectivity index (χ1) is 21.0. The fourth-order valence-corrected chi connectivity index (χ4v) is 5.29. The summed E-state index contributed by atoms with van der Waals surface area (Å²) < 4.78 is 48.8. The SMILES string of the molecule is CC(C)(C)OC(=O)n1[nH]c(=O)cc1-c1ccc(NC(=O)Cn2c3c(c(-c4cc(Cl)ccc4C(F)(F)F)cc2=O)C(=O)CC3)cc1. The summed E-state index contributed by atoms with van der Waals surface area (Å²) in [5.74, 6) is -1.09. The van der Waals surface area contributed by atoms with E-state index in [0.29, 0.717) is 11.3 Å². The second-order valence-corrected chi connectivity index (χ2v) is 11.8. The van der Waals surface area contributed by atoms with Crippen molar-refractivity contribution in [2.45, 2.75) is 51.9 Å². The summed E-state index contributed by atoms with van der Waals surface area (Å²) in [5, 5.41) is 5.03. The molecule has 14 heteroatoms. The molecule has 0 fully saturated rings. The van der Waals surface area contributed by atoms with Gasteiger partial charge in [-0.15, -0.1) is 0 Å². The number of carbonyl (C=O) groups is 3. The highest BCUT2D eigenvalue weighted by Gasteiger charge is 2.36. The number of carbonyl (C=O) groups excluding carboxylic acids is 3. The number of halogens is 4. The molecule has 0 spiro atoms. The van der Waals surface area contributed by atoms with E-state index in [1.54, 1.807) is 32.9 Å². The number of ketones is 1. The van der Waals surface area contributed by atoms with Gasteiger partial charge in [0.15, 0.2) is 5.78 Å². The van der Waals surface area contributed by atoms with Gasteiger partial charge in [0, 0.05) is 51.6 Å². The molecule has 0 aliphatic heterocycles. The molecule has 2 aromatic heterocycles. The van der Waals surface area contributed by atoms with E-state index in [-0.39, 0.29) is 40.4 Å². The van der Waals surface area contributed by atoms with Gasteiger partial charge in [0.25, 0.3) is 11.1 Å². The predicted molar refractivity (Wildman–Crippen MR) is 160 cm³/mol. The molecule has 0 saturated heterocycles. The van der Waals surface area contributed by atoms with Gasteiger partial charge in [0.05, 0.1) is 11.3 Å². The van der Waals surface area contributed by atoms with Crippen molar-refractivity contribution in [2.75, 3.05) is 5.32 Å². The number of ether oxygens (including phenoxy) is 1. The number of alkyl halides is 3. The summed E-state index contributed by atoms with van der Waals surface area (Å²) in [6, 6.07) is 11.2. The molecule has 1 aliphatic rings. The maximum atomic E-state index is 13.8. The Morgan fingerprint density at radius 3 is 2.29 bits per heavy atom. The first-order valence-electron chi connectivity index (χ1n) is 13.6. The van der Waals surface area contributed by atoms with Gasteiger partial charge in [-0.2, -0.15) is 17.9 Å². The quantitative estimate of drug-likeness (QED) is 0.279. The second kappa shape index (κ2) is 11.5. The molecule has 0 atom stereocenters. The lowest BCUT2D eigenvalue weighted by atomic mass is 9.94. The Hall–Kier alpha value is -4.91. The lowest BCUT2D eigenvalue weighted by molar-refractivity contribution is -0.137. The number of aromatic nitrogens is 3. The van der Waals surface area contributed by atoms with Crippen LogP contribution in [0.1, 0.15) is 48.8 Å². The number of benzene rings is 2. The van der Waals surface area contributed by atoms with Crippen LogP contribution in [0, 0.1) is 0 Å². The van der Waals surface area contributed by atoms with Gasteiger partial charge in [-0.1, -0.05) is 23.7 Å². The Morgan fingerprint density at radius 1 is 0.956 bits per heavy atom. The van der Waals surface area contributed by atoms with Crippen LogP contribution >= 0.6 is 11.6 Å². The summed E-state index contributed by atoms with van der Waals surface area (Å²) in [4.78, 5) is 63.6. The van der Waals surface area contributed by atoms with Gasteiger partial charge >= 0.3 is 12.3 Å². The number of nitrogens with zero attached hydrogens (tertiary/aromatic N) is 2. The Kier molecular flexibility index (Phi) is 8.08. The summed E-state index contributed by atoms with van der Waals surface area (Å²) in [6.07, 6.45) is -5.53. The molecule has 10 nitrogen and oxygen atoms in total. The highest BCUT2D eigenvalue weighted by atomic mass is 35.5. The highest BCUT2D eigenvalue weighted by molar-refractivity contribution is 6.31. The van der Waals surface area contributed by atoms with Crippen LogP contribution in [0.2, 0.25) is 5.02 Å². The first-order valence-corrected chi connectivity index (χ1v) is 14.0. The van der Waals surface area contributed by atoms with Crippen LogP contribution in [-0.2, 0) is 28.7 Å². The van der Waals surface area contributed by atoms with Gasteiger partial charge in [-0.3, -0.25) is 24.3 Å². The smallest absolute Gasteiger partial charge is 0.434 e. The third kappa shape index (κ3) is 6.63. The second-order valence-electron chi connectivity index (χ2n) is 11.4. The van der Waals surface area contributed by atoms with Crippen molar-refractivity contribution < 1.29 is 32.3 Å². The van der Waals surface area contributed by atoms with Crippen LogP contribution < -0.4 is 16.4 Å². The van der Waals surface area contributed by atoms with Gasteiger partial charge < -0.3 is 14.6 Å². The molecule has 0 radical (unpaired) electrons. The van der Waals surface area contributed by atoms with Crippen LogP contribution in [0.4, 0.5) is 23.7 Å². The van der Waals surface area contributed by atoms with Gasteiger partial charge in [0.1, 0.15) is 12.1 Å². The number of Topliss-reactive ketones (excluding diaryl/α,β-unsaturated/α-hetero) is 1. The largest absolute Gasteiger partial charge is 0.442 e. The number of rotatable bonds is 5. The Balaban J connectivity index is 1.41. The maximum absolute atomic E-state index is 13.8. The fraction of sp³-hybridized carbons (Fsp3) is 0.258. The summed E-state index contributed by atoms with van der Waals surface area (Å²) >= 11 is 5.99. The van der Waals surface area contributed by atoms with Crippen molar-refractivity contribution in [3.05, 3.63) is 97.1 Å². The molecule has 2 heterocycles. The molecule has 1 amide bonds. The number of pyridine rings is 1. The van der Waals surface area contributed by atoms with Crippen molar-refractivity contribution in [3.63, 3.8) is 0 Å². The lowest BCUT2D eigenvalue weighted by Gasteiger charge is -2.20. The van der Waals surface area contributed by atoms with E-state index in [1.165, 1.54) is 18.2 Å². The van der Waals surface area contributed by atoms with E-state index in [1.807, 2.05) is 0 Å². The minimum atomic E-state index is -4.77. The van der Waals surface area contributed by atoms with E-state index in [9.17, 15) is 37.1 Å². The number of H-pyrrole nitrogens is 1. The normalized spacial score (nSPS) is 13.1. The lowest BCUT2D eigenvalue weighted by Crippen LogP contribution is -2.30. The average Bonchev–Trinajstić information content (AvgIpc) is 3.51. The molecule has 4 aromatic rings. The zero-order valence-corrected chi connectivity index (χ0v) is 24.9. The van der Waals surface area contributed by atoms with E-state index in [2.05, 4.69) is 10.4 Å². The number of aromatic amines is 1. The third-order valence-electron chi connectivity index (χ3n) is 6.94. The van der Waals surface area contributed by atoms with Crippen LogP contribution in [0.3, 0.4) is 0 Å². The number of fused-ring (bicyclic) bond motifs is 1. The molecule has 0 bridgehead atoms. The molecule has 2 N–H and O–H groups in total. The van der Waals surface area contributed by atoms with E-state index in [4.69, 9.17) is 16.3 Å². The fourth-order valence-electron chi connectivity index (χ4n) is 5.12. The zero-order chi connectivity index (χ0) is 32.8. The molecular weight excluding hydrogens is 617 g/mol. The maximum Gasteiger partial charge on any atom is 0.434 e. The van der Waals surface area contributed by atoms with Crippen molar-refractivity contribution in [2.24, 2.45) is 0 Å². The number of hydrogen-bond donors (Lipinski definition) is 2. The molecule has 0 unspecified atom stereocenters. The van der Waals surface area contributed by atoms with Gasteiger partial charge in [-0.05, 0) is 63.1 Å². The molecule has 2 aromatic carbocycles. The molecule has 5 rings (SSSR count). The van der Waals surface area contributed by atoms with E-state index < -0.39 is 58.4 Å². The predicted octanol–water partition coefficient (Wildman–Crippen LogP) is 5.90. The number of hydrogen-bond acceptors (Lipinski definition) is 6. The highest BCUT2D eigenvalue weighted by Crippen LogP contribution is 2.41. The van der Waals surface area contributed by atoms with Crippen LogP contribution in [0.5, 0.6) is 0 Å². The summed E-state index contributed by atoms with van der Waals surface area (Å²) in [5.41, 5.74) is -2.61. The standard InChI is InChI=1S/C31H26ClF3N4O6/c1-30(2,3)45-29(44)39-23(14-25(41)37-39)16-4-7-18(8-5-16)36-26(42)15-38-22-10-11-24(40)28(22)20(13-27(38)43)19-12-17(32)6-9-21(19)31(33,34)35/h4-9,12-14H,10-11,15H2,1-3H3,(H,36,42)(H,37,41). The first kappa shape index (κ1) is 31.5. The minimum absolute atomic E-state index is 0.00333. The van der Waals surface area contributed by atoms with Gasteiger partial charge in [0.2, 0.25) is 5.91 Å². The topological polar surface area (TPSA) is 132 Å². The van der Waals surface area contributed by atoms with Crippen LogP contribution in [0.25, 0.3) is 22.4 Å². The van der Waals surface area contributed by atoms with Gasteiger partial charge in [-0.25, -0.2) is 4.79 Å². The van der Waals surface area contributed by atoms with Crippen molar-refractivity contribution in [1.82, 2.24) is 14.3 Å². The molecule has 45 heavy (non-hydrogen) atoms. The molecule has 234 valence electrons. The monoisotopic (exact) mass is 642 g/mol. The van der Waals surface area contributed by atoms with E-state index >= 15 is 0 Å². The number of nitrogens with one attached hydrogen (secondary N) is 2. The number of amides is 1. The minimum Gasteiger partial charge on any atom is -0.442 e. The Bertz CT molecular complexity index is 1970. The van der Waals surface area contributed by atoms with Crippen molar-refractivity contribution in [1.29, 1.82) is 0 Å². The number of anilines is 1.